The first-order valence-electron chi connectivity index (χ1n) is 11.1. The fraction of sp³-hybridized carbons (Fsp3) is 0. The van der Waals surface area contributed by atoms with Crippen LogP contribution in [0.3, 0.4) is 0 Å². The van der Waals surface area contributed by atoms with Gasteiger partial charge in [-0.3, -0.25) is 9.55 Å². The molecule has 0 saturated heterocycles. The minimum atomic E-state index is 0.609. The summed E-state index contributed by atoms with van der Waals surface area (Å²) in [5, 5.41) is 11.5. The lowest BCUT2D eigenvalue weighted by atomic mass is 10.2. The third-order valence-corrected chi connectivity index (χ3v) is 6.37. The van der Waals surface area contributed by atoms with E-state index < -0.39 is 0 Å². The van der Waals surface area contributed by atoms with Gasteiger partial charge in [-0.05, 0) is 54.6 Å². The minimum absolute atomic E-state index is 0.609. The van der Waals surface area contributed by atoms with Crippen LogP contribution >= 0.6 is 0 Å². The molecular weight excluding hydrogens is 418 g/mol. The van der Waals surface area contributed by atoms with Gasteiger partial charge in [-0.25, -0.2) is 4.98 Å². The van der Waals surface area contributed by atoms with Crippen molar-refractivity contribution >= 4 is 44.0 Å². The number of fused-ring (bicyclic) bond motifs is 6. The Bertz CT molecular complexity index is 1920. The zero-order valence-corrected chi connectivity index (χ0v) is 18.1. The molecule has 3 aromatic carbocycles. The van der Waals surface area contributed by atoms with Crippen molar-refractivity contribution in [2.24, 2.45) is 0 Å². The number of aromatic nitrogens is 4. The molecule has 0 saturated carbocycles. The molecule has 158 valence electrons. The first-order valence-corrected chi connectivity index (χ1v) is 11.1. The number of pyridine rings is 2. The highest BCUT2D eigenvalue weighted by Crippen LogP contribution is 2.36. The van der Waals surface area contributed by atoms with Gasteiger partial charge >= 0.3 is 0 Å². The van der Waals surface area contributed by atoms with Crippen molar-refractivity contribution in [3.63, 3.8) is 0 Å². The molecule has 0 aliphatic heterocycles. The van der Waals surface area contributed by atoms with Crippen LogP contribution in [0.1, 0.15) is 5.56 Å². The SMILES string of the molecule is N#Cc1cccc(-n2c3cccnc3c3cc4c(nc32)c2ccccc2n4-c2ccccc2)c1. The molecule has 4 aromatic heterocycles. The molecule has 0 fully saturated rings. The Labute approximate surface area is 194 Å². The first kappa shape index (κ1) is 18.6. The Morgan fingerprint density at radius 3 is 2.29 bits per heavy atom. The molecule has 5 heteroatoms. The Morgan fingerprint density at radius 1 is 0.618 bits per heavy atom. The maximum atomic E-state index is 9.47. The van der Waals surface area contributed by atoms with E-state index in [0.717, 1.165) is 55.4 Å². The molecular formula is C29H17N5. The van der Waals surface area contributed by atoms with Gasteiger partial charge in [-0.15, -0.1) is 0 Å². The summed E-state index contributed by atoms with van der Waals surface area (Å²) in [7, 11) is 0. The van der Waals surface area contributed by atoms with Crippen molar-refractivity contribution in [1.82, 2.24) is 19.1 Å². The maximum Gasteiger partial charge on any atom is 0.148 e. The van der Waals surface area contributed by atoms with Crippen LogP contribution in [0.4, 0.5) is 0 Å². The quantitative estimate of drug-likeness (QED) is 0.310. The molecule has 0 unspecified atom stereocenters. The molecule has 7 rings (SSSR count). The van der Waals surface area contributed by atoms with Crippen LogP contribution in [-0.4, -0.2) is 19.1 Å². The van der Waals surface area contributed by atoms with Crippen molar-refractivity contribution in [2.75, 3.05) is 0 Å². The van der Waals surface area contributed by atoms with Gasteiger partial charge in [0.05, 0.1) is 39.2 Å². The van der Waals surface area contributed by atoms with Gasteiger partial charge in [0.15, 0.2) is 0 Å². The van der Waals surface area contributed by atoms with E-state index in [-0.39, 0.29) is 0 Å². The molecule has 7 aromatic rings. The summed E-state index contributed by atoms with van der Waals surface area (Å²) in [4.78, 5) is 9.97. The van der Waals surface area contributed by atoms with Crippen LogP contribution in [0.15, 0.2) is 103 Å². The second-order valence-electron chi connectivity index (χ2n) is 8.28. The number of nitrogens with zero attached hydrogens (tertiary/aromatic N) is 5. The fourth-order valence-corrected chi connectivity index (χ4v) is 4.94. The van der Waals surface area contributed by atoms with Crippen LogP contribution in [0.2, 0.25) is 0 Å². The molecule has 4 heterocycles. The lowest BCUT2D eigenvalue weighted by Gasteiger charge is -2.08. The third-order valence-electron chi connectivity index (χ3n) is 6.37. The topological polar surface area (TPSA) is 59.4 Å². The molecule has 0 bridgehead atoms. The van der Waals surface area contributed by atoms with E-state index >= 15 is 0 Å². The number of rotatable bonds is 2. The Hall–Kier alpha value is -4.95. The smallest absolute Gasteiger partial charge is 0.148 e. The van der Waals surface area contributed by atoms with Gasteiger partial charge < -0.3 is 4.57 Å². The number of benzene rings is 3. The average molecular weight is 435 g/mol. The molecule has 0 radical (unpaired) electrons. The van der Waals surface area contributed by atoms with Gasteiger partial charge in [0, 0.05) is 28.3 Å². The molecule has 34 heavy (non-hydrogen) atoms. The van der Waals surface area contributed by atoms with E-state index in [0.29, 0.717) is 5.56 Å². The van der Waals surface area contributed by atoms with Crippen molar-refractivity contribution < 1.29 is 0 Å². The van der Waals surface area contributed by atoms with Gasteiger partial charge in [-0.2, -0.15) is 5.26 Å². The Kier molecular flexibility index (Phi) is 3.84. The number of hydrogen-bond acceptors (Lipinski definition) is 3. The second kappa shape index (κ2) is 7.03. The molecule has 0 atom stereocenters. The van der Waals surface area contributed by atoms with E-state index in [1.807, 2.05) is 42.6 Å². The zero-order valence-electron chi connectivity index (χ0n) is 18.1. The third kappa shape index (κ3) is 2.54. The highest BCUT2D eigenvalue weighted by atomic mass is 15.1. The lowest BCUT2D eigenvalue weighted by molar-refractivity contribution is 1.14. The van der Waals surface area contributed by atoms with Crippen molar-refractivity contribution in [2.45, 2.75) is 0 Å². The summed E-state index contributed by atoms with van der Waals surface area (Å²) >= 11 is 0. The molecule has 0 N–H and O–H groups in total. The van der Waals surface area contributed by atoms with E-state index in [2.05, 4.69) is 75.9 Å². The lowest BCUT2D eigenvalue weighted by Crippen LogP contribution is -1.97. The van der Waals surface area contributed by atoms with Crippen LogP contribution in [0, 0.1) is 11.3 Å². The predicted octanol–water partition coefficient (Wildman–Crippen LogP) is 6.54. The standard InChI is InChI=1S/C29H17N5/c30-18-19-8-6-11-21(16-19)34-25-14-7-15-31-27(25)23-17-26-28(32-29(23)34)22-12-4-5-13-24(22)33(26)20-9-2-1-3-10-20/h1-17H. The van der Waals surface area contributed by atoms with E-state index in [9.17, 15) is 5.26 Å². The Morgan fingerprint density at radius 2 is 1.41 bits per heavy atom. The van der Waals surface area contributed by atoms with E-state index in [1.165, 1.54) is 0 Å². The van der Waals surface area contributed by atoms with Gasteiger partial charge in [-0.1, -0.05) is 42.5 Å². The van der Waals surface area contributed by atoms with Crippen LogP contribution < -0.4 is 0 Å². The van der Waals surface area contributed by atoms with Crippen molar-refractivity contribution in [3.05, 3.63) is 109 Å². The van der Waals surface area contributed by atoms with E-state index in [1.54, 1.807) is 0 Å². The predicted molar refractivity (Wildman–Crippen MR) is 135 cm³/mol. The summed E-state index contributed by atoms with van der Waals surface area (Å²) in [5.74, 6) is 0. The molecule has 0 spiro atoms. The summed E-state index contributed by atoms with van der Waals surface area (Å²) < 4.78 is 4.37. The molecule has 5 nitrogen and oxygen atoms in total. The second-order valence-corrected chi connectivity index (χ2v) is 8.28. The number of para-hydroxylation sites is 2. The summed E-state index contributed by atoms with van der Waals surface area (Å²) in [5.41, 5.74) is 8.36. The maximum absolute atomic E-state index is 9.47. The largest absolute Gasteiger partial charge is 0.308 e. The highest BCUT2D eigenvalue weighted by Gasteiger charge is 2.20. The molecule has 0 aliphatic rings. The van der Waals surface area contributed by atoms with Crippen molar-refractivity contribution in [3.8, 4) is 17.4 Å². The van der Waals surface area contributed by atoms with Gasteiger partial charge in [0.1, 0.15) is 5.65 Å². The summed E-state index contributed by atoms with van der Waals surface area (Å²) in [6, 6.07) is 34.8. The number of nitriles is 1. The summed E-state index contributed by atoms with van der Waals surface area (Å²) in [6.07, 6.45) is 1.81. The van der Waals surface area contributed by atoms with Crippen LogP contribution in [0.25, 0.3) is 55.4 Å². The van der Waals surface area contributed by atoms with Gasteiger partial charge in [0.2, 0.25) is 0 Å². The molecule has 0 aliphatic carbocycles. The minimum Gasteiger partial charge on any atom is -0.308 e. The molecule has 0 amide bonds. The van der Waals surface area contributed by atoms with Gasteiger partial charge in [0.25, 0.3) is 0 Å². The monoisotopic (exact) mass is 435 g/mol. The zero-order chi connectivity index (χ0) is 22.6. The normalized spacial score (nSPS) is 11.5. The van der Waals surface area contributed by atoms with Crippen LogP contribution in [0.5, 0.6) is 0 Å². The summed E-state index contributed by atoms with van der Waals surface area (Å²) in [6.45, 7) is 0. The average Bonchev–Trinajstić information content (AvgIpc) is 3.40. The van der Waals surface area contributed by atoms with E-state index in [4.69, 9.17) is 9.97 Å². The van der Waals surface area contributed by atoms with Crippen molar-refractivity contribution in [1.29, 1.82) is 5.26 Å². The first-order chi connectivity index (χ1) is 16.8. The fourth-order valence-electron chi connectivity index (χ4n) is 4.94. The highest BCUT2D eigenvalue weighted by molar-refractivity contribution is 6.14. The van der Waals surface area contributed by atoms with Crippen LogP contribution in [-0.2, 0) is 0 Å². The number of hydrogen-bond donors (Lipinski definition) is 0. The Balaban J connectivity index is 1.68.